The van der Waals surface area contributed by atoms with Gasteiger partial charge in [-0.2, -0.15) is 0 Å². The smallest absolute Gasteiger partial charge is 0.181 e. The molecule has 0 spiro atoms. The van der Waals surface area contributed by atoms with Crippen LogP contribution in [0.4, 0.5) is 0 Å². The fourth-order valence-corrected chi connectivity index (χ4v) is 10.5. The van der Waals surface area contributed by atoms with Gasteiger partial charge >= 0.3 is 0 Å². The quantitative estimate of drug-likeness (QED) is 0.192. The minimum atomic E-state index is -0.284. The van der Waals surface area contributed by atoms with Gasteiger partial charge in [-0.05, 0) is 93.6 Å². The average molecular weight is 733 g/mol. The van der Waals surface area contributed by atoms with Crippen LogP contribution in [0.2, 0.25) is 0 Å². The van der Waals surface area contributed by atoms with E-state index >= 15 is 0 Å². The third kappa shape index (κ3) is 4.68. The molecule has 2 aliphatic carbocycles. The van der Waals surface area contributed by atoms with Crippen LogP contribution in [0.1, 0.15) is 42.9 Å². The number of fused-ring (bicyclic) bond motifs is 8. The van der Waals surface area contributed by atoms with Crippen molar-refractivity contribution in [3.8, 4) is 16.8 Å². The summed E-state index contributed by atoms with van der Waals surface area (Å²) in [4.78, 5) is 5.61. The summed E-state index contributed by atoms with van der Waals surface area (Å²) in [5, 5.41) is 9.12. The molecule has 9 aromatic rings. The number of aromatic nitrogens is 2. The second-order valence-corrected chi connectivity index (χ2v) is 16.3. The summed E-state index contributed by atoms with van der Waals surface area (Å²) in [6.07, 6.45) is 4.33. The second kappa shape index (κ2) is 12.1. The molecule has 2 aromatic heterocycles. The van der Waals surface area contributed by atoms with E-state index in [4.69, 9.17) is 4.99 Å². The molecule has 3 unspecified atom stereocenters. The molecule has 0 fully saturated rings. The average Bonchev–Trinajstić information content (AvgIpc) is 3.78. The summed E-state index contributed by atoms with van der Waals surface area (Å²) in [7, 11) is 0. The maximum absolute atomic E-state index is 5.61. The van der Waals surface area contributed by atoms with Crippen molar-refractivity contribution in [3.63, 3.8) is 0 Å². The SMILES string of the molecule is CC1(C)C2=C(c3ccccc3)C=CC3=NC(n4c5ccccc5c5cc(-c6ccc7c(c6)c6ccccc6n7-c6ccccc6)ccc54)NC(c4ccccc41)C32. The number of rotatable bonds is 4. The first-order chi connectivity index (χ1) is 28.0. The highest BCUT2D eigenvalue weighted by Crippen LogP contribution is 2.55. The third-order valence-electron chi connectivity index (χ3n) is 13.0. The van der Waals surface area contributed by atoms with Crippen LogP contribution in [0.25, 0.3) is 66.0 Å². The molecule has 12 rings (SSSR count). The van der Waals surface area contributed by atoms with Crippen molar-refractivity contribution in [2.24, 2.45) is 10.9 Å². The van der Waals surface area contributed by atoms with Crippen molar-refractivity contribution in [1.29, 1.82) is 0 Å². The highest BCUT2D eigenvalue weighted by Gasteiger charge is 2.49. The predicted octanol–water partition coefficient (Wildman–Crippen LogP) is 12.7. The van der Waals surface area contributed by atoms with Gasteiger partial charge in [0.15, 0.2) is 6.29 Å². The molecule has 4 nitrogen and oxygen atoms in total. The zero-order valence-corrected chi connectivity index (χ0v) is 31.9. The van der Waals surface area contributed by atoms with Crippen LogP contribution in [-0.2, 0) is 5.41 Å². The zero-order chi connectivity index (χ0) is 37.8. The summed E-state index contributed by atoms with van der Waals surface area (Å²) in [5.41, 5.74) is 16.1. The van der Waals surface area contributed by atoms with Crippen molar-refractivity contribution in [2.45, 2.75) is 31.6 Å². The number of allylic oxidation sites excluding steroid dienone is 3. The lowest BCUT2D eigenvalue weighted by Gasteiger charge is -2.50. The number of hydrogen-bond acceptors (Lipinski definition) is 2. The monoisotopic (exact) mass is 732 g/mol. The maximum Gasteiger partial charge on any atom is 0.181 e. The van der Waals surface area contributed by atoms with E-state index in [1.807, 2.05) is 0 Å². The van der Waals surface area contributed by atoms with E-state index in [-0.39, 0.29) is 23.7 Å². The van der Waals surface area contributed by atoms with E-state index < -0.39 is 0 Å². The Kier molecular flexibility index (Phi) is 6.91. The van der Waals surface area contributed by atoms with Crippen molar-refractivity contribution >= 4 is 54.9 Å². The van der Waals surface area contributed by atoms with Gasteiger partial charge in [0.25, 0.3) is 0 Å². The van der Waals surface area contributed by atoms with Gasteiger partial charge in [-0.3, -0.25) is 5.32 Å². The van der Waals surface area contributed by atoms with Crippen molar-refractivity contribution in [1.82, 2.24) is 14.5 Å². The Bertz CT molecular complexity index is 3190. The molecule has 3 atom stereocenters. The summed E-state index contributed by atoms with van der Waals surface area (Å²) in [6, 6.07) is 62.2. The van der Waals surface area contributed by atoms with Gasteiger partial charge in [0.1, 0.15) is 0 Å². The summed E-state index contributed by atoms with van der Waals surface area (Å²) in [5.74, 6) is 0.133. The van der Waals surface area contributed by atoms with Crippen molar-refractivity contribution < 1.29 is 0 Å². The van der Waals surface area contributed by atoms with Gasteiger partial charge < -0.3 is 9.13 Å². The van der Waals surface area contributed by atoms with Crippen LogP contribution in [0.5, 0.6) is 0 Å². The number of hydrogen-bond donors (Lipinski definition) is 1. The molecule has 0 amide bonds. The molecule has 272 valence electrons. The molecular weight excluding hydrogens is 693 g/mol. The summed E-state index contributed by atoms with van der Waals surface area (Å²) in [6.45, 7) is 4.79. The molecule has 3 aliphatic rings. The minimum Gasteiger partial charge on any atom is -0.309 e. The first-order valence-electron chi connectivity index (χ1n) is 20.1. The van der Waals surface area contributed by atoms with Crippen molar-refractivity contribution in [3.05, 3.63) is 204 Å². The Hall–Kier alpha value is -6.75. The zero-order valence-electron chi connectivity index (χ0n) is 31.9. The number of para-hydroxylation sites is 3. The van der Waals surface area contributed by atoms with Gasteiger partial charge in [0.2, 0.25) is 0 Å². The molecule has 0 bridgehead atoms. The molecule has 7 aromatic carbocycles. The number of benzene rings is 7. The van der Waals surface area contributed by atoms with E-state index in [1.54, 1.807) is 0 Å². The topological polar surface area (TPSA) is 34.2 Å². The maximum atomic E-state index is 5.61. The summed E-state index contributed by atoms with van der Waals surface area (Å²) >= 11 is 0. The van der Waals surface area contributed by atoms with Crippen LogP contribution in [-0.4, -0.2) is 14.8 Å². The van der Waals surface area contributed by atoms with E-state index in [1.165, 1.54) is 88.3 Å². The fourth-order valence-electron chi connectivity index (χ4n) is 10.5. The molecule has 0 saturated heterocycles. The normalized spacial score (nSPS) is 19.6. The predicted molar refractivity (Wildman–Crippen MR) is 237 cm³/mol. The largest absolute Gasteiger partial charge is 0.309 e. The lowest BCUT2D eigenvalue weighted by Crippen LogP contribution is -2.50. The van der Waals surface area contributed by atoms with Gasteiger partial charge in [-0.25, -0.2) is 4.99 Å². The summed E-state index contributed by atoms with van der Waals surface area (Å²) < 4.78 is 4.81. The molecule has 3 heterocycles. The lowest BCUT2D eigenvalue weighted by atomic mass is 9.58. The number of aliphatic imine (C=N–C) groups is 1. The molecule has 1 N–H and O–H groups in total. The van der Waals surface area contributed by atoms with Crippen LogP contribution in [0, 0.1) is 5.92 Å². The van der Waals surface area contributed by atoms with E-state index in [2.05, 4.69) is 210 Å². The van der Waals surface area contributed by atoms with E-state index in [0.717, 1.165) is 5.71 Å². The van der Waals surface area contributed by atoms with Crippen LogP contribution in [0.15, 0.2) is 193 Å². The Morgan fingerprint density at radius 3 is 1.88 bits per heavy atom. The Balaban J connectivity index is 1.01. The minimum absolute atomic E-state index is 0.0746. The fraction of sp³-hybridized carbons (Fsp3) is 0.113. The Morgan fingerprint density at radius 2 is 1.11 bits per heavy atom. The van der Waals surface area contributed by atoms with Crippen LogP contribution < -0.4 is 5.32 Å². The molecule has 1 aliphatic heterocycles. The first-order valence-corrected chi connectivity index (χ1v) is 20.1. The van der Waals surface area contributed by atoms with Crippen LogP contribution >= 0.6 is 0 Å². The van der Waals surface area contributed by atoms with Gasteiger partial charge in [0.05, 0.1) is 22.1 Å². The third-order valence-corrected chi connectivity index (χ3v) is 13.0. The first kappa shape index (κ1) is 32.5. The van der Waals surface area contributed by atoms with Crippen LogP contribution in [0.3, 0.4) is 0 Å². The molecule has 4 heteroatoms. The highest BCUT2D eigenvalue weighted by molar-refractivity contribution is 6.13. The second-order valence-electron chi connectivity index (χ2n) is 16.3. The Morgan fingerprint density at radius 1 is 0.526 bits per heavy atom. The molecule has 0 radical (unpaired) electrons. The van der Waals surface area contributed by atoms with Gasteiger partial charge in [-0.1, -0.05) is 141 Å². The molecule has 0 saturated carbocycles. The van der Waals surface area contributed by atoms with Gasteiger partial charge in [-0.15, -0.1) is 0 Å². The number of nitrogens with one attached hydrogen (secondary N) is 1. The number of nitrogens with zero attached hydrogens (tertiary/aromatic N) is 3. The highest BCUT2D eigenvalue weighted by atomic mass is 15.3. The molecular formula is C53H40N4. The molecule has 57 heavy (non-hydrogen) atoms. The van der Waals surface area contributed by atoms with E-state index in [0.29, 0.717) is 0 Å². The lowest BCUT2D eigenvalue weighted by molar-refractivity contribution is 0.300. The van der Waals surface area contributed by atoms with E-state index in [9.17, 15) is 0 Å². The van der Waals surface area contributed by atoms with Crippen molar-refractivity contribution in [2.75, 3.05) is 0 Å². The standard InChI is InChI=1S/C53H40N4/c1-53(2)43-22-12-9-21-40(43)51-49-44(28-27-37(50(49)53)33-15-5-3-6-16-33)54-52(55-51)57-46-24-14-11-20-39(46)42-32-35(26-30-48(42)57)34-25-29-47-41(31-34)38-19-10-13-23-45(38)56(47)36-17-7-4-8-18-36/h3-32,49,51-52,55H,1-2H3. The Labute approximate surface area is 331 Å². The van der Waals surface area contributed by atoms with Gasteiger partial charge in [0, 0.05) is 50.3 Å².